The summed E-state index contributed by atoms with van der Waals surface area (Å²) in [7, 11) is 0.310. The predicted molar refractivity (Wildman–Crippen MR) is 161 cm³/mol. The van der Waals surface area contributed by atoms with Crippen LogP contribution < -0.4 is 14.8 Å². The topological polar surface area (TPSA) is 71.0 Å². The number of hydrogen-bond donors (Lipinski definition) is 2. The summed E-state index contributed by atoms with van der Waals surface area (Å²) in [5.74, 6) is 2.12. The molecule has 7 heteroatoms. The lowest BCUT2D eigenvalue weighted by Gasteiger charge is -2.19. The van der Waals surface area contributed by atoms with Gasteiger partial charge in [0.05, 0.1) is 13.0 Å². The van der Waals surface area contributed by atoms with Crippen LogP contribution >= 0.6 is 10.7 Å². The molecule has 0 bridgehead atoms. The number of nitrogens with one attached hydrogen (secondary N) is 1. The maximum atomic E-state index is 11.1. The zero-order valence-corrected chi connectivity index (χ0v) is 23.9. The van der Waals surface area contributed by atoms with Crippen LogP contribution in [0.1, 0.15) is 47.9 Å². The average molecular weight is 547 g/mol. The summed E-state index contributed by atoms with van der Waals surface area (Å²) in [6.07, 6.45) is 1.38. The van der Waals surface area contributed by atoms with E-state index in [0.29, 0.717) is 30.4 Å². The first kappa shape index (κ1) is 27.3. The molecule has 2 atom stereocenters. The lowest BCUT2D eigenvalue weighted by atomic mass is 9.94. The van der Waals surface area contributed by atoms with Crippen LogP contribution in [0.15, 0.2) is 54.6 Å². The SMILES string of the molecule is C/C=S1\CCCN1CCOc1cc(C)c(-c2cccc(CNc3ccc4c(c3)OCC4CC(=O)O)c2)c(C)c1. The van der Waals surface area contributed by atoms with Crippen molar-refractivity contribution in [3.05, 3.63) is 76.9 Å². The Kier molecular flexibility index (Phi) is 8.58. The number of ether oxygens (including phenoxy) is 2. The van der Waals surface area contributed by atoms with Gasteiger partial charge in [-0.25, -0.2) is 0 Å². The second-order valence-corrected chi connectivity index (χ2v) is 12.5. The first-order valence-corrected chi connectivity index (χ1v) is 15.1. The highest BCUT2D eigenvalue weighted by molar-refractivity contribution is 8.13. The van der Waals surface area contributed by atoms with Crippen LogP contribution in [0.25, 0.3) is 11.1 Å². The van der Waals surface area contributed by atoms with Crippen molar-refractivity contribution in [1.29, 1.82) is 0 Å². The minimum absolute atomic E-state index is 0.0797. The van der Waals surface area contributed by atoms with E-state index in [2.05, 4.69) is 72.2 Å². The van der Waals surface area contributed by atoms with Crippen LogP contribution in [0.4, 0.5) is 5.69 Å². The van der Waals surface area contributed by atoms with Crippen molar-refractivity contribution in [1.82, 2.24) is 4.31 Å². The maximum absolute atomic E-state index is 11.1. The second-order valence-electron chi connectivity index (χ2n) is 10.3. The van der Waals surface area contributed by atoms with Gasteiger partial charge in [-0.3, -0.25) is 9.10 Å². The maximum Gasteiger partial charge on any atom is 0.304 e. The molecule has 2 N–H and O–H groups in total. The summed E-state index contributed by atoms with van der Waals surface area (Å²) in [5.41, 5.74) is 8.00. The Morgan fingerprint density at radius 1 is 1.18 bits per heavy atom. The van der Waals surface area contributed by atoms with Gasteiger partial charge in [0.15, 0.2) is 0 Å². The third-order valence-electron chi connectivity index (χ3n) is 7.51. The molecule has 2 unspecified atom stereocenters. The smallest absolute Gasteiger partial charge is 0.304 e. The van der Waals surface area contributed by atoms with Gasteiger partial charge in [0.2, 0.25) is 0 Å². The van der Waals surface area contributed by atoms with E-state index < -0.39 is 5.97 Å². The molecular formula is C32H38N2O4S. The van der Waals surface area contributed by atoms with Gasteiger partial charge in [-0.1, -0.05) is 29.6 Å². The van der Waals surface area contributed by atoms with Crippen molar-refractivity contribution in [3.8, 4) is 22.6 Å². The summed E-state index contributed by atoms with van der Waals surface area (Å²) in [5, 5.41) is 15.0. The molecule has 206 valence electrons. The summed E-state index contributed by atoms with van der Waals surface area (Å²) >= 11 is 0. The molecule has 0 saturated carbocycles. The van der Waals surface area contributed by atoms with Crippen molar-refractivity contribution < 1.29 is 19.4 Å². The zero-order chi connectivity index (χ0) is 27.4. The van der Waals surface area contributed by atoms with Crippen LogP contribution in [0.3, 0.4) is 0 Å². The fourth-order valence-electron chi connectivity index (χ4n) is 5.67. The fourth-order valence-corrected chi connectivity index (χ4v) is 7.56. The molecule has 0 radical (unpaired) electrons. The first-order chi connectivity index (χ1) is 18.9. The fraction of sp³-hybridized carbons (Fsp3) is 0.375. The molecule has 1 fully saturated rings. The van der Waals surface area contributed by atoms with Crippen LogP contribution in [0.5, 0.6) is 11.5 Å². The third kappa shape index (κ3) is 6.48. The number of carboxylic acids is 1. The van der Waals surface area contributed by atoms with E-state index in [0.717, 1.165) is 29.3 Å². The number of carboxylic acid groups (broad SMARTS) is 1. The second kappa shape index (κ2) is 12.3. The molecule has 5 rings (SSSR count). The van der Waals surface area contributed by atoms with E-state index in [1.807, 2.05) is 18.2 Å². The van der Waals surface area contributed by atoms with Gasteiger partial charge in [-0.15, -0.1) is 10.7 Å². The lowest BCUT2D eigenvalue weighted by molar-refractivity contribution is -0.137. The van der Waals surface area contributed by atoms with Gasteiger partial charge in [0.25, 0.3) is 0 Å². The van der Waals surface area contributed by atoms with Gasteiger partial charge in [0, 0.05) is 48.6 Å². The molecule has 3 aromatic rings. The van der Waals surface area contributed by atoms with Crippen LogP contribution in [-0.4, -0.2) is 52.8 Å². The molecule has 0 spiro atoms. The van der Waals surface area contributed by atoms with Crippen molar-refractivity contribution >= 4 is 27.7 Å². The molecule has 0 amide bonds. The molecule has 0 aliphatic carbocycles. The van der Waals surface area contributed by atoms with Gasteiger partial charge in [-0.2, -0.15) is 0 Å². The van der Waals surface area contributed by atoms with E-state index in [1.54, 1.807) is 0 Å². The summed E-state index contributed by atoms with van der Waals surface area (Å²) < 4.78 is 14.5. The number of fused-ring (bicyclic) bond motifs is 1. The number of aliphatic carboxylic acids is 1. The lowest BCUT2D eigenvalue weighted by Crippen LogP contribution is -2.21. The number of carbonyl (C=O) groups is 1. The molecule has 2 aliphatic heterocycles. The molecular weight excluding hydrogens is 508 g/mol. The number of hydrogen-bond acceptors (Lipinski definition) is 5. The quantitative estimate of drug-likeness (QED) is 0.278. The zero-order valence-electron chi connectivity index (χ0n) is 23.0. The Hall–Kier alpha value is -3.29. The predicted octanol–water partition coefficient (Wildman–Crippen LogP) is 6.62. The van der Waals surface area contributed by atoms with Crippen molar-refractivity contribution in [2.75, 3.05) is 37.4 Å². The third-order valence-corrected chi connectivity index (χ3v) is 9.79. The van der Waals surface area contributed by atoms with E-state index in [4.69, 9.17) is 14.6 Å². The summed E-state index contributed by atoms with van der Waals surface area (Å²) in [6.45, 7) is 10.4. The highest BCUT2D eigenvalue weighted by atomic mass is 32.2. The van der Waals surface area contributed by atoms with Gasteiger partial charge in [0.1, 0.15) is 18.1 Å². The Bertz CT molecular complexity index is 1360. The number of aryl methyl sites for hydroxylation is 2. The van der Waals surface area contributed by atoms with E-state index in [9.17, 15) is 4.79 Å². The van der Waals surface area contributed by atoms with Crippen molar-refractivity contribution in [2.45, 2.75) is 46.1 Å². The van der Waals surface area contributed by atoms with Crippen molar-refractivity contribution in [3.63, 3.8) is 0 Å². The van der Waals surface area contributed by atoms with Crippen molar-refractivity contribution in [2.24, 2.45) is 0 Å². The number of benzene rings is 3. The van der Waals surface area contributed by atoms with Gasteiger partial charge < -0.3 is 19.9 Å². The first-order valence-electron chi connectivity index (χ1n) is 13.7. The van der Waals surface area contributed by atoms with Gasteiger partial charge >= 0.3 is 5.97 Å². The van der Waals surface area contributed by atoms with E-state index in [1.165, 1.54) is 46.5 Å². The van der Waals surface area contributed by atoms with Crippen LogP contribution in [-0.2, 0) is 11.3 Å². The average Bonchev–Trinajstić information content (AvgIpc) is 3.53. The largest absolute Gasteiger partial charge is 0.493 e. The molecule has 39 heavy (non-hydrogen) atoms. The molecule has 2 aliphatic rings. The Morgan fingerprint density at radius 3 is 2.77 bits per heavy atom. The van der Waals surface area contributed by atoms with Crippen LogP contribution in [0.2, 0.25) is 0 Å². The molecule has 2 heterocycles. The molecule has 0 aromatic heterocycles. The van der Waals surface area contributed by atoms with E-state index in [-0.39, 0.29) is 12.3 Å². The number of nitrogens with zero attached hydrogens (tertiary/aromatic N) is 1. The molecule has 1 saturated heterocycles. The van der Waals surface area contributed by atoms with Gasteiger partial charge in [-0.05, 0) is 79.3 Å². The number of anilines is 1. The summed E-state index contributed by atoms with van der Waals surface area (Å²) in [4.78, 5) is 11.1. The van der Waals surface area contributed by atoms with Crippen LogP contribution in [0, 0.1) is 13.8 Å². The van der Waals surface area contributed by atoms with E-state index >= 15 is 0 Å². The summed E-state index contributed by atoms with van der Waals surface area (Å²) in [6, 6.07) is 18.9. The molecule has 3 aromatic carbocycles. The Morgan fingerprint density at radius 2 is 2.00 bits per heavy atom. The monoisotopic (exact) mass is 546 g/mol. The minimum Gasteiger partial charge on any atom is -0.493 e. The standard InChI is InChI=1S/C32H38N2O4S/c1-4-39-14-6-11-34(39)12-13-37-28-15-22(2)32(23(3)16-28)25-8-5-7-24(17-25)20-33-27-9-10-29-26(18-31(35)36)21-38-30(29)19-27/h4-5,7-10,15-17,19,26,33H,6,11-14,18,20-21H2,1-3H3,(H,35,36). The Labute approximate surface area is 234 Å². The Balaban J connectivity index is 1.22. The number of rotatable bonds is 10. The highest BCUT2D eigenvalue weighted by Crippen LogP contribution is 2.38. The molecule has 6 nitrogen and oxygen atoms in total. The normalized spacial score (nSPS) is 18.6. The highest BCUT2D eigenvalue weighted by Gasteiger charge is 2.26. The minimum atomic E-state index is -0.798.